The molecule has 0 bridgehead atoms. The number of carbonyl (C=O) groups excluding carboxylic acids is 1. The summed E-state index contributed by atoms with van der Waals surface area (Å²) in [7, 11) is 0. The third kappa shape index (κ3) is 4.17. The number of nitroso groups, excluding NO2 is 1. The smallest absolute Gasteiger partial charge is 0.322 e. The molecule has 2 heterocycles. The van der Waals surface area contributed by atoms with Gasteiger partial charge in [-0.05, 0) is 30.0 Å². The van der Waals surface area contributed by atoms with E-state index in [1.165, 1.54) is 18.3 Å². The van der Waals surface area contributed by atoms with E-state index in [1.807, 2.05) is 24.9 Å². The molecule has 156 valence electrons. The molecule has 0 aliphatic carbocycles. The first kappa shape index (κ1) is 21.0. The number of hydrogen-bond acceptors (Lipinski definition) is 7. The topological polar surface area (TPSA) is 125 Å². The van der Waals surface area contributed by atoms with Crippen LogP contribution in [0.2, 0.25) is 0 Å². The molecule has 0 saturated carbocycles. The molecule has 0 atom stereocenters. The van der Waals surface area contributed by atoms with E-state index in [2.05, 4.69) is 5.18 Å². The van der Waals surface area contributed by atoms with Crippen LogP contribution < -0.4 is 15.2 Å². The molecule has 0 fully saturated rings. The van der Waals surface area contributed by atoms with Crippen molar-refractivity contribution in [2.75, 3.05) is 18.2 Å². The second-order valence-corrected chi connectivity index (χ2v) is 7.51. The Balaban J connectivity index is 2.08. The van der Waals surface area contributed by atoms with Crippen LogP contribution in [0.3, 0.4) is 0 Å². The number of fused-ring (bicyclic) bond motifs is 3. The van der Waals surface area contributed by atoms with Gasteiger partial charge in [0.1, 0.15) is 5.56 Å². The van der Waals surface area contributed by atoms with Crippen LogP contribution in [0.4, 0.5) is 0 Å². The number of amides is 1. The molecule has 9 heteroatoms. The molecule has 0 saturated heterocycles. The van der Waals surface area contributed by atoms with Crippen molar-refractivity contribution in [1.29, 1.82) is 5.26 Å². The van der Waals surface area contributed by atoms with Crippen LogP contribution in [0.25, 0.3) is 11.3 Å². The van der Waals surface area contributed by atoms with Gasteiger partial charge in [-0.3, -0.25) is 14.3 Å². The number of pyridine rings is 1. The molecule has 1 amide bonds. The SMILES string of the molecule is CC(C)CN1Cc2cc(OCCCC#N)c(O)cc2-c2cc(=O)c(C(=O)N=O)cn21. The van der Waals surface area contributed by atoms with Crippen LogP contribution in [-0.4, -0.2) is 28.8 Å². The lowest BCUT2D eigenvalue weighted by Crippen LogP contribution is -2.41. The van der Waals surface area contributed by atoms with Crippen molar-refractivity contribution >= 4 is 5.91 Å². The van der Waals surface area contributed by atoms with Gasteiger partial charge in [0.2, 0.25) is 0 Å². The van der Waals surface area contributed by atoms with Crippen LogP contribution in [0.5, 0.6) is 11.5 Å². The van der Waals surface area contributed by atoms with Crippen LogP contribution >= 0.6 is 0 Å². The molecule has 1 aromatic carbocycles. The average Bonchev–Trinajstić information content (AvgIpc) is 2.70. The number of phenolic OH excluding ortho intramolecular Hbond substituents is 1. The summed E-state index contributed by atoms with van der Waals surface area (Å²) in [6.45, 7) is 5.45. The minimum absolute atomic E-state index is 0.0864. The lowest BCUT2D eigenvalue weighted by molar-refractivity contribution is 0.0999. The van der Waals surface area contributed by atoms with Gasteiger partial charge < -0.3 is 14.9 Å². The zero-order valence-electron chi connectivity index (χ0n) is 16.8. The Labute approximate surface area is 173 Å². The van der Waals surface area contributed by atoms with Crippen molar-refractivity contribution < 1.29 is 14.6 Å². The van der Waals surface area contributed by atoms with Crippen molar-refractivity contribution in [3.63, 3.8) is 0 Å². The molecule has 3 rings (SSSR count). The van der Waals surface area contributed by atoms with Gasteiger partial charge >= 0.3 is 5.91 Å². The fourth-order valence-electron chi connectivity index (χ4n) is 3.44. The van der Waals surface area contributed by atoms with Crippen LogP contribution in [0, 0.1) is 22.2 Å². The number of unbranched alkanes of at least 4 members (excludes halogenated alkanes) is 1. The van der Waals surface area contributed by atoms with Gasteiger partial charge in [0, 0.05) is 36.0 Å². The molecular formula is C21H22N4O5. The number of hydrogen-bond donors (Lipinski definition) is 1. The van der Waals surface area contributed by atoms with Crippen molar-refractivity contribution in [1.82, 2.24) is 4.68 Å². The minimum Gasteiger partial charge on any atom is -0.504 e. The Kier molecular flexibility index (Phi) is 6.16. The van der Waals surface area contributed by atoms with E-state index in [0.717, 1.165) is 5.56 Å². The highest BCUT2D eigenvalue weighted by Gasteiger charge is 2.26. The number of aromatic nitrogens is 1. The number of ether oxygens (including phenoxy) is 1. The highest BCUT2D eigenvalue weighted by Crippen LogP contribution is 2.38. The molecule has 0 radical (unpaired) electrons. The molecule has 30 heavy (non-hydrogen) atoms. The Bertz CT molecular complexity index is 1080. The maximum Gasteiger partial charge on any atom is 0.322 e. The summed E-state index contributed by atoms with van der Waals surface area (Å²) < 4.78 is 7.28. The van der Waals surface area contributed by atoms with Gasteiger partial charge in [-0.2, -0.15) is 5.26 Å². The summed E-state index contributed by atoms with van der Waals surface area (Å²) in [5.41, 5.74) is 1.06. The molecule has 1 aromatic heterocycles. The molecular weight excluding hydrogens is 388 g/mol. The normalized spacial score (nSPS) is 12.1. The Morgan fingerprint density at radius 2 is 2.13 bits per heavy atom. The number of carbonyl (C=O) groups is 1. The Hall–Kier alpha value is -3.67. The van der Waals surface area contributed by atoms with Crippen molar-refractivity contribution in [2.24, 2.45) is 11.1 Å². The Morgan fingerprint density at radius 3 is 2.80 bits per heavy atom. The zero-order valence-corrected chi connectivity index (χ0v) is 16.8. The number of rotatable bonds is 7. The number of benzene rings is 1. The molecule has 1 N–H and O–H groups in total. The first-order valence-electron chi connectivity index (χ1n) is 9.61. The van der Waals surface area contributed by atoms with E-state index in [-0.39, 0.29) is 17.2 Å². The van der Waals surface area contributed by atoms with Crippen LogP contribution in [-0.2, 0) is 6.54 Å². The van der Waals surface area contributed by atoms with Gasteiger partial charge in [0.05, 0.1) is 24.9 Å². The van der Waals surface area contributed by atoms with E-state index < -0.39 is 11.3 Å². The van der Waals surface area contributed by atoms with Gasteiger partial charge in [0.15, 0.2) is 16.9 Å². The first-order valence-corrected chi connectivity index (χ1v) is 9.61. The number of aromatic hydroxyl groups is 1. The lowest BCUT2D eigenvalue weighted by atomic mass is 9.99. The van der Waals surface area contributed by atoms with Crippen molar-refractivity contribution in [3.8, 4) is 28.8 Å². The summed E-state index contributed by atoms with van der Waals surface area (Å²) in [5.74, 6) is -0.615. The largest absolute Gasteiger partial charge is 0.504 e. The first-order chi connectivity index (χ1) is 14.3. The fourth-order valence-corrected chi connectivity index (χ4v) is 3.44. The summed E-state index contributed by atoms with van der Waals surface area (Å²) in [6, 6.07) is 6.56. The molecule has 0 unspecified atom stereocenters. The number of nitrogens with zero attached hydrogens (tertiary/aromatic N) is 4. The third-order valence-corrected chi connectivity index (χ3v) is 4.73. The predicted molar refractivity (Wildman–Crippen MR) is 110 cm³/mol. The number of nitriles is 1. The van der Waals surface area contributed by atoms with Crippen LogP contribution in [0.15, 0.2) is 34.4 Å². The molecule has 2 aromatic rings. The molecule has 1 aliphatic rings. The maximum atomic E-state index is 12.4. The van der Waals surface area contributed by atoms with Gasteiger partial charge in [-0.25, -0.2) is 0 Å². The predicted octanol–water partition coefficient (Wildman–Crippen LogP) is 2.92. The standard InChI is InChI=1S/C21H22N4O5/c1-13(2)10-24-11-14-7-20(30-6-4-3-5-22)19(27)8-15(14)17-9-18(26)16(12-25(17)24)21(28)23-29/h7-9,12-13,27H,3-4,6,10-11H2,1-2H3. The maximum absolute atomic E-state index is 12.4. The lowest BCUT2D eigenvalue weighted by Gasteiger charge is -2.36. The van der Waals surface area contributed by atoms with E-state index >= 15 is 0 Å². The second-order valence-electron chi connectivity index (χ2n) is 7.51. The average molecular weight is 410 g/mol. The van der Waals surface area contributed by atoms with Crippen molar-refractivity contribution in [2.45, 2.75) is 33.2 Å². The van der Waals surface area contributed by atoms with Crippen molar-refractivity contribution in [3.05, 3.63) is 50.7 Å². The molecule has 0 spiro atoms. The summed E-state index contributed by atoms with van der Waals surface area (Å²) in [4.78, 5) is 34.8. The quantitative estimate of drug-likeness (QED) is 0.549. The number of phenols is 1. The minimum atomic E-state index is -1.12. The summed E-state index contributed by atoms with van der Waals surface area (Å²) in [5, 5.41) is 23.4. The van der Waals surface area contributed by atoms with E-state index in [1.54, 1.807) is 10.7 Å². The summed E-state index contributed by atoms with van der Waals surface area (Å²) in [6.07, 6.45) is 2.24. The van der Waals surface area contributed by atoms with Gasteiger partial charge in [-0.1, -0.05) is 13.8 Å². The van der Waals surface area contributed by atoms with E-state index in [0.29, 0.717) is 49.5 Å². The highest BCUT2D eigenvalue weighted by molar-refractivity contribution is 5.94. The van der Waals surface area contributed by atoms with Crippen LogP contribution in [0.1, 0.15) is 42.6 Å². The molecule has 1 aliphatic heterocycles. The highest BCUT2D eigenvalue weighted by atomic mass is 16.5. The third-order valence-electron chi connectivity index (χ3n) is 4.73. The summed E-state index contributed by atoms with van der Waals surface area (Å²) >= 11 is 0. The Morgan fingerprint density at radius 1 is 1.37 bits per heavy atom. The second kappa shape index (κ2) is 8.78. The van der Waals surface area contributed by atoms with Gasteiger partial charge in [-0.15, -0.1) is 4.91 Å². The van der Waals surface area contributed by atoms with E-state index in [4.69, 9.17) is 10.00 Å². The fraction of sp³-hybridized carbons (Fsp3) is 0.381. The van der Waals surface area contributed by atoms with Gasteiger partial charge in [0.25, 0.3) is 0 Å². The zero-order chi connectivity index (χ0) is 21.8. The molecule has 9 nitrogen and oxygen atoms in total. The van der Waals surface area contributed by atoms with E-state index in [9.17, 15) is 19.6 Å². The monoisotopic (exact) mass is 410 g/mol.